The Balaban J connectivity index is 2.19. The van der Waals surface area contributed by atoms with Crippen LogP contribution in [0.4, 0.5) is 0 Å². The van der Waals surface area contributed by atoms with Crippen molar-refractivity contribution < 1.29 is 38.1 Å². The molecule has 1 rings (SSSR count). The fourth-order valence-corrected chi connectivity index (χ4v) is 9.88. The molecule has 0 aromatic rings. The van der Waals surface area contributed by atoms with Gasteiger partial charge in [-0.3, -0.25) is 19.2 Å². The van der Waals surface area contributed by atoms with E-state index in [1.807, 2.05) is 13.8 Å². The molecule has 0 spiro atoms. The Morgan fingerprint density at radius 2 is 0.873 bits per heavy atom. The maximum Gasteiger partial charge on any atom is 0.318 e. The molecule has 370 valence electrons. The average molecular weight is 929 g/mol. The quantitative estimate of drug-likeness (QED) is 0.0329. The first-order valence-corrected chi connectivity index (χ1v) is 28.1. The molecular formula is C51H96N2O8S2. The summed E-state index contributed by atoms with van der Waals surface area (Å²) in [5, 5.41) is -0.483. The second-order valence-electron chi connectivity index (χ2n) is 18.0. The standard InChI is InChI=1S/C51H96N2O8S2/c1-6-8-10-12-14-16-18-20-22-24-26-28-43-62-45(3)50(56)60-41-39-58-48(54)33-37-53(36-32-47-31-30-35-52(47)5)38-34-49(55)59-40-42-61-51(57)46(4)63-44-29-27-25-23-21-19-17-15-13-11-9-7-2/h45-47H,6-44H2,1-5H3. The molecule has 3 atom stereocenters. The average Bonchev–Trinajstić information content (AvgIpc) is 3.70. The fraction of sp³-hybridized carbons (Fsp3) is 0.922. The van der Waals surface area contributed by atoms with Gasteiger partial charge in [-0.15, -0.1) is 23.5 Å². The molecule has 10 nitrogen and oxygen atoms in total. The smallest absolute Gasteiger partial charge is 0.318 e. The Hall–Kier alpha value is -1.50. The summed E-state index contributed by atoms with van der Waals surface area (Å²) in [7, 11) is 2.15. The van der Waals surface area contributed by atoms with Crippen LogP contribution in [-0.4, -0.2) is 121 Å². The van der Waals surface area contributed by atoms with Crippen LogP contribution in [0, 0.1) is 0 Å². The molecule has 0 aliphatic carbocycles. The molecule has 0 saturated carbocycles. The molecule has 0 amide bonds. The fourth-order valence-electron chi connectivity index (χ4n) is 8.03. The highest BCUT2D eigenvalue weighted by Crippen LogP contribution is 2.20. The maximum atomic E-state index is 12.6. The highest BCUT2D eigenvalue weighted by Gasteiger charge is 2.22. The number of hydrogen-bond acceptors (Lipinski definition) is 12. The molecule has 1 aliphatic rings. The summed E-state index contributed by atoms with van der Waals surface area (Å²) in [6.45, 7) is 11.2. The number of esters is 4. The zero-order chi connectivity index (χ0) is 46.0. The number of ether oxygens (including phenoxy) is 4. The monoisotopic (exact) mass is 929 g/mol. The lowest BCUT2D eigenvalue weighted by Gasteiger charge is -2.26. The summed E-state index contributed by atoms with van der Waals surface area (Å²) in [5.74, 6) is 0.654. The van der Waals surface area contributed by atoms with Crippen molar-refractivity contribution in [2.75, 3.05) is 71.2 Å². The lowest BCUT2D eigenvalue weighted by atomic mass is 10.1. The largest absolute Gasteiger partial charge is 0.462 e. The second-order valence-corrected chi connectivity index (χ2v) is 20.9. The summed E-state index contributed by atoms with van der Waals surface area (Å²) in [5.41, 5.74) is 0. The predicted molar refractivity (Wildman–Crippen MR) is 266 cm³/mol. The molecule has 1 saturated heterocycles. The molecule has 1 aliphatic heterocycles. The number of rotatable bonds is 45. The molecule has 1 fully saturated rings. The Bertz CT molecular complexity index is 1050. The normalized spacial score (nSPS) is 15.1. The predicted octanol–water partition coefficient (Wildman–Crippen LogP) is 12.4. The summed E-state index contributed by atoms with van der Waals surface area (Å²) < 4.78 is 21.6. The van der Waals surface area contributed by atoms with Gasteiger partial charge in [0.1, 0.15) is 26.4 Å². The van der Waals surface area contributed by atoms with E-state index in [2.05, 4.69) is 30.7 Å². The Morgan fingerprint density at radius 1 is 0.524 bits per heavy atom. The van der Waals surface area contributed by atoms with Crippen molar-refractivity contribution in [2.24, 2.45) is 0 Å². The molecule has 0 radical (unpaired) electrons. The number of carbonyl (C=O) groups excluding carboxylic acids is 4. The number of carbonyl (C=O) groups is 4. The maximum absolute atomic E-state index is 12.6. The van der Waals surface area contributed by atoms with Crippen molar-refractivity contribution in [3.8, 4) is 0 Å². The SMILES string of the molecule is CCCCCCCCCCCCCCSC(C)C(=O)OCCOC(=O)CCN(CCC(=O)OCCOC(=O)C(C)SCCCCCCCCCCCCCC)CCC1CCCN1C. The highest BCUT2D eigenvalue weighted by atomic mass is 32.2. The molecule has 0 aromatic carbocycles. The lowest BCUT2D eigenvalue weighted by molar-refractivity contribution is -0.152. The van der Waals surface area contributed by atoms with E-state index in [4.69, 9.17) is 18.9 Å². The Kier molecular flexibility index (Phi) is 40.7. The number of thioether (sulfide) groups is 2. The van der Waals surface area contributed by atoms with E-state index < -0.39 is 0 Å². The van der Waals surface area contributed by atoms with Gasteiger partial charge in [-0.1, -0.05) is 155 Å². The minimum Gasteiger partial charge on any atom is -0.462 e. The number of unbranched alkanes of at least 4 members (excludes halogenated alkanes) is 22. The summed E-state index contributed by atoms with van der Waals surface area (Å²) in [6, 6.07) is 0.492. The van der Waals surface area contributed by atoms with Crippen molar-refractivity contribution >= 4 is 47.4 Å². The van der Waals surface area contributed by atoms with Crippen LogP contribution in [0.3, 0.4) is 0 Å². The molecule has 1 heterocycles. The van der Waals surface area contributed by atoms with E-state index in [1.165, 1.54) is 148 Å². The van der Waals surface area contributed by atoms with Gasteiger partial charge in [0.25, 0.3) is 0 Å². The van der Waals surface area contributed by atoms with Gasteiger partial charge in [0.2, 0.25) is 0 Å². The van der Waals surface area contributed by atoms with Crippen LogP contribution >= 0.6 is 23.5 Å². The molecule has 0 aromatic heterocycles. The van der Waals surface area contributed by atoms with Gasteiger partial charge in [0.15, 0.2) is 0 Å². The minimum atomic E-state index is -0.353. The van der Waals surface area contributed by atoms with Gasteiger partial charge in [-0.05, 0) is 77.6 Å². The first-order chi connectivity index (χ1) is 30.7. The van der Waals surface area contributed by atoms with Crippen molar-refractivity contribution in [2.45, 2.75) is 230 Å². The number of likely N-dealkylation sites (tertiary alicyclic amines) is 1. The third kappa shape index (κ3) is 36.3. The van der Waals surface area contributed by atoms with E-state index >= 15 is 0 Å². The third-order valence-corrected chi connectivity index (χ3v) is 14.7. The van der Waals surface area contributed by atoms with Gasteiger partial charge >= 0.3 is 23.9 Å². The van der Waals surface area contributed by atoms with Gasteiger partial charge < -0.3 is 28.7 Å². The van der Waals surface area contributed by atoms with Crippen LogP contribution in [-0.2, 0) is 38.1 Å². The van der Waals surface area contributed by atoms with Crippen LogP contribution in [0.5, 0.6) is 0 Å². The van der Waals surface area contributed by atoms with Gasteiger partial charge in [0.05, 0.1) is 23.3 Å². The third-order valence-electron chi connectivity index (χ3n) is 12.3. The van der Waals surface area contributed by atoms with E-state index in [-0.39, 0.29) is 73.6 Å². The zero-order valence-electron chi connectivity index (χ0n) is 41.3. The van der Waals surface area contributed by atoms with Crippen LogP contribution in [0.15, 0.2) is 0 Å². The summed E-state index contributed by atoms with van der Waals surface area (Å²) in [6.07, 6.45) is 35.2. The number of nitrogens with zero attached hydrogens (tertiary/aromatic N) is 2. The van der Waals surface area contributed by atoms with Crippen molar-refractivity contribution in [3.05, 3.63) is 0 Å². The molecular weight excluding hydrogens is 833 g/mol. The van der Waals surface area contributed by atoms with Crippen molar-refractivity contribution in [1.82, 2.24) is 9.80 Å². The molecule has 3 unspecified atom stereocenters. The Labute approximate surface area is 395 Å². The van der Waals surface area contributed by atoms with Crippen LogP contribution < -0.4 is 0 Å². The summed E-state index contributed by atoms with van der Waals surface area (Å²) in [4.78, 5) is 54.7. The van der Waals surface area contributed by atoms with Gasteiger partial charge in [0, 0.05) is 19.1 Å². The van der Waals surface area contributed by atoms with E-state index in [0.29, 0.717) is 19.1 Å². The van der Waals surface area contributed by atoms with Crippen LogP contribution in [0.1, 0.15) is 214 Å². The van der Waals surface area contributed by atoms with Gasteiger partial charge in [-0.25, -0.2) is 0 Å². The van der Waals surface area contributed by atoms with E-state index in [1.54, 1.807) is 23.5 Å². The summed E-state index contributed by atoms with van der Waals surface area (Å²) >= 11 is 3.26. The van der Waals surface area contributed by atoms with Crippen LogP contribution in [0.25, 0.3) is 0 Å². The first-order valence-electron chi connectivity index (χ1n) is 26.0. The van der Waals surface area contributed by atoms with Gasteiger partial charge in [-0.2, -0.15) is 0 Å². The Morgan fingerprint density at radius 3 is 1.22 bits per heavy atom. The topological polar surface area (TPSA) is 112 Å². The lowest BCUT2D eigenvalue weighted by Crippen LogP contribution is -2.35. The van der Waals surface area contributed by atoms with Crippen molar-refractivity contribution in [3.63, 3.8) is 0 Å². The van der Waals surface area contributed by atoms with Crippen molar-refractivity contribution in [1.29, 1.82) is 0 Å². The molecule has 12 heteroatoms. The first kappa shape index (κ1) is 59.5. The van der Waals surface area contributed by atoms with E-state index in [9.17, 15) is 19.2 Å². The second kappa shape index (κ2) is 43.1. The molecule has 0 N–H and O–H groups in total. The minimum absolute atomic E-state index is 0.0291. The molecule has 63 heavy (non-hydrogen) atoms. The van der Waals surface area contributed by atoms with E-state index in [0.717, 1.165) is 50.3 Å². The molecule has 0 bridgehead atoms. The van der Waals surface area contributed by atoms with Crippen LogP contribution in [0.2, 0.25) is 0 Å². The number of hydrogen-bond donors (Lipinski definition) is 0. The zero-order valence-corrected chi connectivity index (χ0v) is 42.9. The highest BCUT2D eigenvalue weighted by molar-refractivity contribution is 8.00.